The first-order valence-electron chi connectivity index (χ1n) is 1.32. The highest BCUT2D eigenvalue weighted by Crippen LogP contribution is 1.24. The Morgan fingerprint density at radius 1 is 1.00 bits per heavy atom. The van der Waals surface area contributed by atoms with Crippen LogP contribution in [0.4, 0.5) is 0 Å². The normalized spacial score (nSPS) is 5.00. The largest absolute Gasteiger partial charge is 1.00 e. The predicted octanol–water partition coefficient (Wildman–Crippen LogP) is -3.72. The van der Waals surface area contributed by atoms with Crippen molar-refractivity contribution in [3.05, 3.63) is 0 Å². The molecule has 0 atom stereocenters. The van der Waals surface area contributed by atoms with E-state index in [1.54, 1.807) is 0 Å². The fourth-order valence-corrected chi connectivity index (χ4v) is 0. The van der Waals surface area contributed by atoms with Gasteiger partial charge in [0.05, 0.1) is 0 Å². The minimum absolute atomic E-state index is 0. The van der Waals surface area contributed by atoms with E-state index in [-0.39, 0.29) is 23.1 Å². The average molecular weight is 158 g/mol. The van der Waals surface area contributed by atoms with Gasteiger partial charge in [0.25, 0.3) is 0 Å². The molecule has 0 aromatic rings. The maximum Gasteiger partial charge on any atom is 0.00461 e. The summed E-state index contributed by atoms with van der Waals surface area (Å²) in [4.78, 5) is 0. The number of rotatable bonds is 1. The second-order valence-electron chi connectivity index (χ2n) is 0.577. The van der Waals surface area contributed by atoms with Gasteiger partial charge in [-0.15, -0.1) is 0 Å². The molecule has 4 heteroatoms. The molecule has 6 heavy (non-hydrogen) atoms. The number of quaternary nitrogens is 1. The van der Waals surface area contributed by atoms with Gasteiger partial charge < -0.3 is 34.6 Å². The van der Waals surface area contributed by atoms with Gasteiger partial charge in [-0.1, -0.05) is 0 Å². The Labute approximate surface area is 48.4 Å². The van der Waals surface area contributed by atoms with Crippen LogP contribution in [0.3, 0.4) is 0 Å². The van der Waals surface area contributed by atoms with Crippen LogP contribution in [0, 0.1) is 0 Å². The fraction of sp³-hybridized carbons (Fsp3) is 1.00. The molecule has 8 N–H and O–H groups in total. The third-order valence-corrected chi connectivity index (χ3v) is 0.167. The van der Waals surface area contributed by atoms with Crippen molar-refractivity contribution >= 4 is 0 Å². The van der Waals surface area contributed by atoms with Crippen molar-refractivity contribution in [2.45, 2.75) is 0 Å². The molecule has 0 fully saturated rings. The summed E-state index contributed by atoms with van der Waals surface area (Å²) >= 11 is 0. The quantitative estimate of drug-likeness (QED) is 0.366. The zero-order valence-corrected chi connectivity index (χ0v) is 5.53. The first-order valence-corrected chi connectivity index (χ1v) is 1.32. The van der Waals surface area contributed by atoms with Gasteiger partial charge in [0.15, 0.2) is 0 Å². The van der Waals surface area contributed by atoms with E-state index < -0.39 is 0 Å². The number of halogens is 1. The van der Waals surface area contributed by atoms with E-state index in [2.05, 4.69) is 0 Å². The highest BCUT2D eigenvalue weighted by molar-refractivity contribution is 4.26. The standard InChI is InChI=1S/C2H8N2.BrH.H3N/c3-1-2-4;;/h1-4H2;1H;1H3. The summed E-state index contributed by atoms with van der Waals surface area (Å²) in [5.74, 6) is 0. The van der Waals surface area contributed by atoms with Crippen LogP contribution in [-0.4, -0.2) is 13.1 Å². The van der Waals surface area contributed by atoms with Crippen LogP contribution in [0.25, 0.3) is 0 Å². The Balaban J connectivity index is -0.0000000450. The van der Waals surface area contributed by atoms with Crippen LogP contribution in [0.15, 0.2) is 0 Å². The van der Waals surface area contributed by atoms with E-state index in [4.69, 9.17) is 11.5 Å². The molecule has 0 saturated carbocycles. The van der Waals surface area contributed by atoms with Gasteiger partial charge in [0, 0.05) is 13.1 Å². The molecule has 0 amide bonds. The Kier molecular flexibility index (Phi) is 49.3. The molecule has 0 rings (SSSR count). The van der Waals surface area contributed by atoms with Crippen LogP contribution in [0.1, 0.15) is 0 Å². The van der Waals surface area contributed by atoms with Crippen molar-refractivity contribution in [2.75, 3.05) is 13.1 Å². The summed E-state index contributed by atoms with van der Waals surface area (Å²) in [6.45, 7) is 1.19. The van der Waals surface area contributed by atoms with Gasteiger partial charge in [0.1, 0.15) is 0 Å². The lowest BCUT2D eigenvalue weighted by atomic mass is 10.7. The molecule has 0 heterocycles. The van der Waals surface area contributed by atoms with E-state index in [1.807, 2.05) is 0 Å². The van der Waals surface area contributed by atoms with Crippen LogP contribution in [0.2, 0.25) is 0 Å². The molecule has 0 saturated heterocycles. The van der Waals surface area contributed by atoms with Crippen LogP contribution < -0.4 is 34.6 Å². The molecule has 0 bridgehead atoms. The molecular weight excluding hydrogens is 146 g/mol. The lowest BCUT2D eigenvalue weighted by Gasteiger charge is -1.72. The molecule has 0 aromatic heterocycles. The van der Waals surface area contributed by atoms with Gasteiger partial charge in [-0.05, 0) is 0 Å². The van der Waals surface area contributed by atoms with Crippen molar-refractivity contribution in [3.8, 4) is 0 Å². The van der Waals surface area contributed by atoms with Gasteiger partial charge in [-0.25, -0.2) is 0 Å². The summed E-state index contributed by atoms with van der Waals surface area (Å²) in [5.41, 5.74) is 9.81. The molecule has 3 nitrogen and oxygen atoms in total. The Morgan fingerprint density at radius 2 is 1.17 bits per heavy atom. The monoisotopic (exact) mass is 157 g/mol. The van der Waals surface area contributed by atoms with E-state index in [9.17, 15) is 0 Å². The highest BCUT2D eigenvalue weighted by atomic mass is 79.9. The summed E-state index contributed by atoms with van der Waals surface area (Å²) < 4.78 is 0. The third kappa shape index (κ3) is 26.6. The van der Waals surface area contributed by atoms with Crippen LogP contribution >= 0.6 is 0 Å². The maximum atomic E-state index is 4.90. The van der Waals surface area contributed by atoms with Crippen LogP contribution in [0.5, 0.6) is 0 Å². The Morgan fingerprint density at radius 3 is 1.17 bits per heavy atom. The van der Waals surface area contributed by atoms with E-state index in [1.165, 1.54) is 0 Å². The second kappa shape index (κ2) is 18.3. The number of hydrogen-bond acceptors (Lipinski definition) is 2. The topological polar surface area (TPSA) is 88.5 Å². The summed E-state index contributed by atoms with van der Waals surface area (Å²) in [6, 6.07) is 0. The van der Waals surface area contributed by atoms with Gasteiger partial charge >= 0.3 is 0 Å². The number of nitrogens with two attached hydrogens (primary N) is 2. The highest BCUT2D eigenvalue weighted by Gasteiger charge is 1.54. The van der Waals surface area contributed by atoms with Crippen molar-refractivity contribution in [1.82, 2.24) is 6.15 Å². The third-order valence-electron chi connectivity index (χ3n) is 0.167. The smallest absolute Gasteiger partial charge is 0.00461 e. The van der Waals surface area contributed by atoms with Crippen molar-refractivity contribution in [2.24, 2.45) is 11.5 Å². The van der Waals surface area contributed by atoms with E-state index in [0.717, 1.165) is 0 Å². The summed E-state index contributed by atoms with van der Waals surface area (Å²) in [7, 11) is 0. The molecule has 0 spiro atoms. The number of hydrogen-bond donors (Lipinski definition) is 3. The molecule has 0 unspecified atom stereocenters. The van der Waals surface area contributed by atoms with E-state index >= 15 is 0 Å². The minimum Gasteiger partial charge on any atom is -1.00 e. The van der Waals surface area contributed by atoms with Crippen LogP contribution in [-0.2, 0) is 0 Å². The zero-order chi connectivity index (χ0) is 3.41. The second-order valence-corrected chi connectivity index (χ2v) is 0.577. The maximum absolute atomic E-state index is 4.90. The summed E-state index contributed by atoms with van der Waals surface area (Å²) in [5, 5.41) is 0. The molecule has 42 valence electrons. The van der Waals surface area contributed by atoms with Gasteiger partial charge in [-0.3, -0.25) is 0 Å². The first kappa shape index (κ1) is 16.2. The molecule has 0 aromatic carbocycles. The zero-order valence-electron chi connectivity index (χ0n) is 3.95. The Hall–Kier alpha value is 0.360. The van der Waals surface area contributed by atoms with Gasteiger partial charge in [-0.2, -0.15) is 0 Å². The lowest BCUT2D eigenvalue weighted by molar-refractivity contribution is -0.00000154. The SMILES string of the molecule is NCCN.[Br-].[NH4+]. The van der Waals surface area contributed by atoms with Crippen molar-refractivity contribution in [3.63, 3.8) is 0 Å². The average Bonchev–Trinajstić information content (AvgIpc) is 1.37. The lowest BCUT2D eigenvalue weighted by Crippen LogP contribution is -3.00. The van der Waals surface area contributed by atoms with Crippen molar-refractivity contribution < 1.29 is 17.0 Å². The molecule has 0 aliphatic heterocycles. The summed E-state index contributed by atoms with van der Waals surface area (Å²) in [6.07, 6.45) is 0. The molecule has 0 aliphatic carbocycles. The van der Waals surface area contributed by atoms with Crippen molar-refractivity contribution in [1.29, 1.82) is 0 Å². The Bertz CT molecular complexity index is 10.8. The molecule has 0 aliphatic rings. The molecule has 0 radical (unpaired) electrons. The van der Waals surface area contributed by atoms with Gasteiger partial charge in [0.2, 0.25) is 0 Å². The predicted molar refractivity (Wildman–Crippen MR) is 24.1 cm³/mol. The van der Waals surface area contributed by atoms with E-state index in [0.29, 0.717) is 13.1 Å². The first-order chi connectivity index (χ1) is 1.91. The minimum atomic E-state index is 0. The molecular formula is C2H12BrN3. The fourth-order valence-electron chi connectivity index (χ4n) is 0.